The molecule has 0 spiro atoms. The van der Waals surface area contributed by atoms with E-state index >= 15 is 0 Å². The van der Waals surface area contributed by atoms with Crippen LogP contribution in [0.25, 0.3) is 0 Å². The first-order valence-corrected chi connectivity index (χ1v) is 6.83. The van der Waals surface area contributed by atoms with Gasteiger partial charge in [-0.1, -0.05) is 30.3 Å². The van der Waals surface area contributed by atoms with E-state index in [-0.39, 0.29) is 17.1 Å². The lowest BCUT2D eigenvalue weighted by molar-refractivity contribution is 0.0115. The number of carbonyl (C=O) groups is 1. The Morgan fingerprint density at radius 2 is 1.79 bits per heavy atom. The predicted octanol–water partition coefficient (Wildman–Crippen LogP) is 2.48. The standard InChI is InChI=1S/C15H20N2O2/c16-13(18)19-12(11-4-2-1-3-5-11)14-6-8-15(17,10-14)9-7-14/h1-5,12H,6-10,17H2,(H2,16,18). The van der Waals surface area contributed by atoms with Crippen LogP contribution in [0.1, 0.15) is 43.8 Å². The summed E-state index contributed by atoms with van der Waals surface area (Å²) in [5, 5.41) is 0. The van der Waals surface area contributed by atoms with Crippen LogP contribution in [0.4, 0.5) is 4.79 Å². The summed E-state index contributed by atoms with van der Waals surface area (Å²) in [4.78, 5) is 11.3. The maximum atomic E-state index is 11.3. The fraction of sp³-hybridized carbons (Fsp3) is 0.533. The van der Waals surface area contributed by atoms with Gasteiger partial charge in [-0.05, 0) is 37.7 Å². The van der Waals surface area contributed by atoms with E-state index in [1.165, 1.54) is 0 Å². The molecule has 0 radical (unpaired) electrons. The van der Waals surface area contributed by atoms with Crippen LogP contribution >= 0.6 is 0 Å². The summed E-state index contributed by atoms with van der Waals surface area (Å²) >= 11 is 0. The molecule has 4 N–H and O–H groups in total. The fourth-order valence-electron chi connectivity index (χ4n) is 3.95. The van der Waals surface area contributed by atoms with Gasteiger partial charge < -0.3 is 16.2 Å². The fourth-order valence-corrected chi connectivity index (χ4v) is 3.95. The summed E-state index contributed by atoms with van der Waals surface area (Å²) in [6, 6.07) is 9.87. The molecule has 1 unspecified atom stereocenters. The first-order valence-electron chi connectivity index (χ1n) is 6.83. The Morgan fingerprint density at radius 3 is 2.26 bits per heavy atom. The van der Waals surface area contributed by atoms with Gasteiger partial charge in [-0.3, -0.25) is 0 Å². The first kappa shape index (κ1) is 12.5. The normalized spacial score (nSPS) is 34.2. The lowest BCUT2D eigenvalue weighted by Gasteiger charge is -2.35. The third kappa shape index (κ3) is 2.10. The number of carbonyl (C=O) groups excluding carboxylic acids is 1. The topological polar surface area (TPSA) is 78.3 Å². The molecule has 4 heteroatoms. The monoisotopic (exact) mass is 260 g/mol. The Labute approximate surface area is 113 Å². The van der Waals surface area contributed by atoms with E-state index in [2.05, 4.69) is 0 Å². The molecule has 3 rings (SSSR count). The SMILES string of the molecule is NC(=O)OC(c1ccccc1)C12CCC(N)(CC1)C2. The molecule has 2 aliphatic carbocycles. The summed E-state index contributed by atoms with van der Waals surface area (Å²) in [5.74, 6) is 0. The van der Waals surface area contributed by atoms with Crippen LogP contribution in [0.3, 0.4) is 0 Å². The lowest BCUT2D eigenvalue weighted by atomic mass is 9.76. The quantitative estimate of drug-likeness (QED) is 0.876. The molecule has 4 nitrogen and oxygen atoms in total. The molecular weight excluding hydrogens is 240 g/mol. The van der Waals surface area contributed by atoms with Crippen molar-refractivity contribution in [3.05, 3.63) is 35.9 Å². The summed E-state index contributed by atoms with van der Waals surface area (Å²) < 4.78 is 5.47. The number of fused-ring (bicyclic) bond motifs is 2. The highest BCUT2D eigenvalue weighted by Crippen LogP contribution is 2.61. The molecule has 1 amide bonds. The molecule has 2 fully saturated rings. The second-order valence-corrected chi connectivity index (χ2v) is 6.13. The molecule has 1 aromatic rings. The smallest absolute Gasteiger partial charge is 0.405 e. The minimum absolute atomic E-state index is 0.0227. The van der Waals surface area contributed by atoms with Crippen molar-refractivity contribution in [2.24, 2.45) is 16.9 Å². The van der Waals surface area contributed by atoms with Gasteiger partial charge in [-0.2, -0.15) is 0 Å². The Hall–Kier alpha value is -1.55. The molecule has 2 bridgehead atoms. The number of amides is 1. The number of ether oxygens (including phenoxy) is 1. The number of hydrogen-bond acceptors (Lipinski definition) is 3. The average molecular weight is 260 g/mol. The second kappa shape index (κ2) is 4.23. The van der Waals surface area contributed by atoms with Crippen LogP contribution < -0.4 is 11.5 Å². The van der Waals surface area contributed by atoms with Crippen molar-refractivity contribution in [3.63, 3.8) is 0 Å². The maximum Gasteiger partial charge on any atom is 0.405 e. The molecule has 0 aliphatic heterocycles. The van der Waals surface area contributed by atoms with Gasteiger partial charge in [0.05, 0.1) is 0 Å². The van der Waals surface area contributed by atoms with Crippen molar-refractivity contribution >= 4 is 6.09 Å². The van der Waals surface area contributed by atoms with E-state index in [0.29, 0.717) is 0 Å². The number of benzene rings is 1. The Kier molecular flexibility index (Phi) is 2.78. The molecular formula is C15H20N2O2. The van der Waals surface area contributed by atoms with Crippen LogP contribution in [0, 0.1) is 5.41 Å². The Bertz CT molecular complexity index is 478. The summed E-state index contributed by atoms with van der Waals surface area (Å²) in [6.07, 6.45) is 4.00. The van der Waals surface area contributed by atoms with E-state index in [1.54, 1.807) is 0 Å². The van der Waals surface area contributed by atoms with Crippen molar-refractivity contribution in [1.29, 1.82) is 0 Å². The number of rotatable bonds is 3. The van der Waals surface area contributed by atoms with Gasteiger partial charge >= 0.3 is 6.09 Å². The van der Waals surface area contributed by atoms with Crippen LogP contribution in [-0.4, -0.2) is 11.6 Å². The lowest BCUT2D eigenvalue weighted by Crippen LogP contribution is -2.33. The Morgan fingerprint density at radius 1 is 1.16 bits per heavy atom. The van der Waals surface area contributed by atoms with Gasteiger partial charge in [0.1, 0.15) is 6.10 Å². The van der Waals surface area contributed by atoms with Crippen LogP contribution in [0.2, 0.25) is 0 Å². The van der Waals surface area contributed by atoms with Gasteiger partial charge in [-0.15, -0.1) is 0 Å². The van der Waals surface area contributed by atoms with Crippen molar-refractivity contribution in [1.82, 2.24) is 0 Å². The third-order valence-corrected chi connectivity index (χ3v) is 4.84. The summed E-state index contributed by atoms with van der Waals surface area (Å²) in [5.41, 5.74) is 12.6. The molecule has 102 valence electrons. The van der Waals surface area contributed by atoms with Crippen molar-refractivity contribution < 1.29 is 9.53 Å². The molecule has 2 aliphatic rings. The molecule has 1 atom stereocenters. The van der Waals surface area contributed by atoms with Gasteiger partial charge in [0.15, 0.2) is 0 Å². The number of nitrogens with two attached hydrogens (primary N) is 2. The van der Waals surface area contributed by atoms with E-state index in [4.69, 9.17) is 16.2 Å². The zero-order valence-corrected chi connectivity index (χ0v) is 11.0. The maximum absolute atomic E-state index is 11.3. The zero-order chi connectivity index (χ0) is 13.5. The molecule has 0 heterocycles. The van der Waals surface area contributed by atoms with Crippen molar-refractivity contribution in [2.45, 2.75) is 43.7 Å². The highest BCUT2D eigenvalue weighted by Gasteiger charge is 2.57. The van der Waals surface area contributed by atoms with Gasteiger partial charge in [-0.25, -0.2) is 4.79 Å². The van der Waals surface area contributed by atoms with E-state index < -0.39 is 6.09 Å². The van der Waals surface area contributed by atoms with Crippen LogP contribution in [-0.2, 0) is 4.74 Å². The first-order chi connectivity index (χ1) is 9.03. The summed E-state index contributed by atoms with van der Waals surface area (Å²) in [7, 11) is 0. The molecule has 1 aromatic carbocycles. The van der Waals surface area contributed by atoms with Gasteiger partial charge in [0, 0.05) is 11.0 Å². The van der Waals surface area contributed by atoms with E-state index in [1.807, 2.05) is 30.3 Å². The van der Waals surface area contributed by atoms with Crippen LogP contribution in [0.15, 0.2) is 30.3 Å². The third-order valence-electron chi connectivity index (χ3n) is 4.84. The minimum Gasteiger partial charge on any atom is -0.441 e. The summed E-state index contributed by atoms with van der Waals surface area (Å²) in [6.45, 7) is 0. The van der Waals surface area contributed by atoms with Gasteiger partial charge in [0.2, 0.25) is 0 Å². The molecule has 0 aromatic heterocycles. The highest BCUT2D eigenvalue weighted by atomic mass is 16.6. The largest absolute Gasteiger partial charge is 0.441 e. The van der Waals surface area contributed by atoms with Crippen molar-refractivity contribution in [2.75, 3.05) is 0 Å². The van der Waals surface area contributed by atoms with E-state index in [9.17, 15) is 4.79 Å². The predicted molar refractivity (Wildman–Crippen MR) is 72.3 cm³/mol. The average Bonchev–Trinajstić information content (AvgIpc) is 2.91. The minimum atomic E-state index is -0.704. The van der Waals surface area contributed by atoms with E-state index in [0.717, 1.165) is 37.7 Å². The molecule has 0 saturated heterocycles. The van der Waals surface area contributed by atoms with Gasteiger partial charge in [0.25, 0.3) is 0 Å². The van der Waals surface area contributed by atoms with Crippen LogP contribution in [0.5, 0.6) is 0 Å². The van der Waals surface area contributed by atoms with Crippen molar-refractivity contribution in [3.8, 4) is 0 Å². The Balaban J connectivity index is 1.94. The number of hydrogen-bond donors (Lipinski definition) is 2. The molecule has 19 heavy (non-hydrogen) atoms. The molecule has 2 saturated carbocycles. The second-order valence-electron chi connectivity index (χ2n) is 6.13. The zero-order valence-electron chi connectivity index (χ0n) is 11.0. The highest BCUT2D eigenvalue weighted by molar-refractivity contribution is 5.65. The number of primary amides is 1.